The maximum absolute atomic E-state index is 13.5. The summed E-state index contributed by atoms with van der Waals surface area (Å²) in [4.78, 5) is 39.3. The third kappa shape index (κ3) is 4.94. The SMILES string of the molecule is COc1cc(/C=C2\C(=O)NC(=O)N(c3cccc(C)c3C)C2=O)cc(Cl)c1OCc1cccc(F)c1. The molecule has 7 nitrogen and oxygen atoms in total. The van der Waals surface area contributed by atoms with E-state index >= 15 is 0 Å². The van der Waals surface area contributed by atoms with Crippen LogP contribution < -0.4 is 19.7 Å². The number of ether oxygens (including phenoxy) is 2. The van der Waals surface area contributed by atoms with Crippen molar-refractivity contribution < 1.29 is 28.2 Å². The molecule has 0 atom stereocenters. The van der Waals surface area contributed by atoms with Crippen LogP contribution in [0.1, 0.15) is 22.3 Å². The smallest absolute Gasteiger partial charge is 0.335 e. The second-order valence-corrected chi connectivity index (χ2v) is 8.54. The van der Waals surface area contributed by atoms with Crippen molar-refractivity contribution in [3.63, 3.8) is 0 Å². The largest absolute Gasteiger partial charge is 0.493 e. The van der Waals surface area contributed by atoms with Crippen LogP contribution in [0.3, 0.4) is 0 Å². The maximum atomic E-state index is 13.5. The number of methoxy groups -OCH3 is 1. The van der Waals surface area contributed by atoms with Crippen molar-refractivity contribution in [1.29, 1.82) is 0 Å². The number of imide groups is 2. The lowest BCUT2D eigenvalue weighted by Gasteiger charge is -2.28. The molecule has 3 aromatic rings. The molecule has 1 aliphatic rings. The predicted molar refractivity (Wildman–Crippen MR) is 134 cm³/mol. The van der Waals surface area contributed by atoms with E-state index in [1.807, 2.05) is 13.0 Å². The van der Waals surface area contributed by atoms with Crippen LogP contribution in [0.4, 0.5) is 14.9 Å². The Labute approximate surface area is 212 Å². The number of amides is 4. The number of carbonyl (C=O) groups excluding carboxylic acids is 3. The average molecular weight is 509 g/mol. The van der Waals surface area contributed by atoms with Gasteiger partial charge >= 0.3 is 6.03 Å². The first kappa shape index (κ1) is 24.9. The van der Waals surface area contributed by atoms with E-state index in [1.165, 1.54) is 31.4 Å². The van der Waals surface area contributed by atoms with E-state index in [0.29, 0.717) is 16.8 Å². The zero-order valence-electron chi connectivity index (χ0n) is 19.7. The van der Waals surface area contributed by atoms with Crippen LogP contribution in [-0.4, -0.2) is 25.0 Å². The Morgan fingerprint density at radius 2 is 1.81 bits per heavy atom. The summed E-state index contributed by atoms with van der Waals surface area (Å²) in [7, 11) is 1.41. The molecule has 3 aromatic carbocycles. The lowest BCUT2D eigenvalue weighted by atomic mass is 10.0. The zero-order valence-corrected chi connectivity index (χ0v) is 20.5. The summed E-state index contributed by atoms with van der Waals surface area (Å²) < 4.78 is 24.6. The summed E-state index contributed by atoms with van der Waals surface area (Å²) in [6, 6.07) is 13.4. The molecule has 0 spiro atoms. The summed E-state index contributed by atoms with van der Waals surface area (Å²) in [5.74, 6) is -1.51. The average Bonchev–Trinajstić information content (AvgIpc) is 2.83. The topological polar surface area (TPSA) is 84.9 Å². The van der Waals surface area contributed by atoms with Gasteiger partial charge in [-0.15, -0.1) is 0 Å². The number of urea groups is 1. The molecular weight excluding hydrogens is 487 g/mol. The van der Waals surface area contributed by atoms with Crippen LogP contribution in [0.25, 0.3) is 6.08 Å². The van der Waals surface area contributed by atoms with Crippen molar-refractivity contribution in [2.24, 2.45) is 0 Å². The molecule has 4 amide bonds. The summed E-state index contributed by atoms with van der Waals surface area (Å²) in [6.07, 6.45) is 1.33. The number of halogens is 2. The summed E-state index contributed by atoms with van der Waals surface area (Å²) >= 11 is 6.43. The van der Waals surface area contributed by atoms with Crippen molar-refractivity contribution in [1.82, 2.24) is 5.32 Å². The lowest BCUT2D eigenvalue weighted by molar-refractivity contribution is -0.122. The number of nitrogens with zero attached hydrogens (tertiary/aromatic N) is 1. The Kier molecular flexibility index (Phi) is 7.07. The van der Waals surface area contributed by atoms with Gasteiger partial charge in [0.25, 0.3) is 11.8 Å². The minimum Gasteiger partial charge on any atom is -0.493 e. The van der Waals surface area contributed by atoms with Gasteiger partial charge in [0.15, 0.2) is 11.5 Å². The molecule has 4 rings (SSSR count). The Hall–Kier alpha value is -4.17. The number of anilines is 1. The number of benzene rings is 3. The molecule has 1 saturated heterocycles. The third-order valence-corrected chi connectivity index (χ3v) is 6.03. The van der Waals surface area contributed by atoms with Gasteiger partial charge in [-0.1, -0.05) is 35.9 Å². The fourth-order valence-corrected chi connectivity index (χ4v) is 4.04. The highest BCUT2D eigenvalue weighted by Gasteiger charge is 2.37. The Bertz CT molecular complexity index is 1420. The highest BCUT2D eigenvalue weighted by molar-refractivity contribution is 6.39. The predicted octanol–water partition coefficient (Wildman–Crippen LogP) is 5.35. The second-order valence-electron chi connectivity index (χ2n) is 8.13. The van der Waals surface area contributed by atoms with E-state index in [9.17, 15) is 18.8 Å². The maximum Gasteiger partial charge on any atom is 0.335 e. The van der Waals surface area contributed by atoms with Gasteiger partial charge < -0.3 is 9.47 Å². The van der Waals surface area contributed by atoms with Crippen molar-refractivity contribution in [3.8, 4) is 11.5 Å². The van der Waals surface area contributed by atoms with E-state index in [-0.39, 0.29) is 34.5 Å². The molecule has 36 heavy (non-hydrogen) atoms. The fraction of sp³-hybridized carbons (Fsp3) is 0.148. The Morgan fingerprint density at radius 1 is 1.06 bits per heavy atom. The van der Waals surface area contributed by atoms with Gasteiger partial charge in [0.2, 0.25) is 0 Å². The van der Waals surface area contributed by atoms with E-state index in [4.69, 9.17) is 21.1 Å². The van der Waals surface area contributed by atoms with Gasteiger partial charge in [-0.05, 0) is 72.5 Å². The summed E-state index contributed by atoms with van der Waals surface area (Å²) in [6.45, 7) is 3.69. The summed E-state index contributed by atoms with van der Waals surface area (Å²) in [5.41, 5.74) is 2.73. The normalized spacial score (nSPS) is 14.8. The highest BCUT2D eigenvalue weighted by atomic mass is 35.5. The van der Waals surface area contributed by atoms with Gasteiger partial charge in [-0.25, -0.2) is 14.1 Å². The minimum atomic E-state index is -0.826. The molecule has 1 N–H and O–H groups in total. The summed E-state index contributed by atoms with van der Waals surface area (Å²) in [5, 5.41) is 2.37. The third-order valence-electron chi connectivity index (χ3n) is 5.75. The lowest BCUT2D eigenvalue weighted by Crippen LogP contribution is -2.54. The monoisotopic (exact) mass is 508 g/mol. The molecule has 0 aliphatic carbocycles. The number of aryl methyl sites for hydroxylation is 1. The van der Waals surface area contributed by atoms with Gasteiger partial charge in [0, 0.05) is 0 Å². The van der Waals surface area contributed by atoms with Gasteiger partial charge in [0.05, 0.1) is 17.8 Å². The molecule has 0 bridgehead atoms. The molecule has 0 aromatic heterocycles. The van der Waals surface area contributed by atoms with E-state index in [1.54, 1.807) is 37.3 Å². The number of rotatable bonds is 6. The number of barbiturate groups is 1. The van der Waals surface area contributed by atoms with Crippen LogP contribution in [-0.2, 0) is 16.2 Å². The molecule has 1 fully saturated rings. The Balaban J connectivity index is 1.66. The number of carbonyl (C=O) groups is 3. The molecule has 9 heteroatoms. The van der Waals surface area contributed by atoms with E-state index in [2.05, 4.69) is 5.32 Å². The zero-order chi connectivity index (χ0) is 26.0. The van der Waals surface area contributed by atoms with Crippen LogP contribution >= 0.6 is 11.6 Å². The van der Waals surface area contributed by atoms with E-state index < -0.39 is 17.8 Å². The molecule has 1 heterocycles. The number of nitrogens with one attached hydrogen (secondary N) is 1. The van der Waals surface area contributed by atoms with Gasteiger partial charge in [-0.3, -0.25) is 14.9 Å². The number of hydrogen-bond acceptors (Lipinski definition) is 5. The van der Waals surface area contributed by atoms with Crippen molar-refractivity contribution in [2.75, 3.05) is 12.0 Å². The minimum absolute atomic E-state index is 0.0437. The van der Waals surface area contributed by atoms with Crippen LogP contribution in [0.5, 0.6) is 11.5 Å². The van der Waals surface area contributed by atoms with Crippen molar-refractivity contribution in [3.05, 3.63) is 93.3 Å². The highest BCUT2D eigenvalue weighted by Crippen LogP contribution is 2.38. The van der Waals surface area contributed by atoms with E-state index in [0.717, 1.165) is 16.0 Å². The first-order valence-corrected chi connectivity index (χ1v) is 11.3. The number of hydrogen-bond donors (Lipinski definition) is 1. The van der Waals surface area contributed by atoms with Gasteiger partial charge in [0.1, 0.15) is 18.0 Å². The quantitative estimate of drug-likeness (QED) is 0.358. The Morgan fingerprint density at radius 3 is 2.53 bits per heavy atom. The van der Waals surface area contributed by atoms with Crippen LogP contribution in [0.15, 0.2) is 60.2 Å². The van der Waals surface area contributed by atoms with Crippen molar-refractivity contribution >= 4 is 41.2 Å². The molecule has 184 valence electrons. The standard InChI is InChI=1S/C27H22ClFN2O5/c1-15-6-4-9-22(16(15)2)31-26(33)20(25(32)30-27(31)34)11-18-12-21(28)24(23(13-18)35-3)36-14-17-7-5-8-19(29)10-17/h4-13H,14H2,1-3H3,(H,30,32,34)/b20-11+. The first-order valence-electron chi connectivity index (χ1n) is 10.9. The molecular formula is C27H22ClFN2O5. The second kappa shape index (κ2) is 10.2. The van der Waals surface area contributed by atoms with Crippen LogP contribution in [0, 0.1) is 19.7 Å². The molecule has 0 saturated carbocycles. The van der Waals surface area contributed by atoms with Gasteiger partial charge in [-0.2, -0.15) is 0 Å². The molecule has 0 unspecified atom stereocenters. The van der Waals surface area contributed by atoms with Crippen LogP contribution in [0.2, 0.25) is 5.02 Å². The molecule has 1 aliphatic heterocycles. The van der Waals surface area contributed by atoms with Crippen molar-refractivity contribution in [2.45, 2.75) is 20.5 Å². The first-order chi connectivity index (χ1) is 17.2. The molecule has 0 radical (unpaired) electrons. The fourth-order valence-electron chi connectivity index (χ4n) is 3.77.